The molecule has 0 bridgehead atoms. The van der Waals surface area contributed by atoms with Crippen molar-refractivity contribution in [2.24, 2.45) is 0 Å². The zero-order chi connectivity index (χ0) is 48.0. The maximum Gasteiger partial charge on any atom is 0.179 e. The summed E-state index contributed by atoms with van der Waals surface area (Å²) in [5, 5.41) is 7.70. The average Bonchev–Trinajstić information content (AvgIpc) is 3.72. The lowest BCUT2D eigenvalue weighted by Gasteiger charge is -2.34. The van der Waals surface area contributed by atoms with Crippen molar-refractivity contribution in [3.8, 4) is 50.5 Å². The van der Waals surface area contributed by atoms with E-state index in [1.54, 1.807) is 0 Å². The van der Waals surface area contributed by atoms with Crippen LogP contribution in [-0.4, -0.2) is 27.6 Å². The highest BCUT2D eigenvalue weighted by Gasteiger charge is 2.41. The Morgan fingerprint density at radius 1 is 0.329 bits per heavy atom. The Bertz CT molecular complexity index is 3420. The predicted molar refractivity (Wildman–Crippen MR) is 297 cm³/mol. The van der Waals surface area contributed by atoms with Gasteiger partial charge in [0.2, 0.25) is 0 Å². The Labute approximate surface area is 413 Å². The number of rotatable bonds is 9. The molecule has 0 saturated heterocycles. The van der Waals surface area contributed by atoms with Gasteiger partial charge in [0.05, 0.1) is 16.7 Å². The standard InChI is InChI=1S/C65H56N4Si/c1-64(2,3)62-66-61(67-63(68-62)65(4,5)6)57-44-50(47-27-22-34-54(41-47)70(51-28-16-9-17-29-51,52-30-18-10-19-31-52)53-32-20-11-21-33-53)37-40-60(57)69-58-38-35-48(45-23-12-7-13-24-45)42-55(58)56-43-49(36-39-59(56)69)46-25-14-8-15-26-46/h7-44H,1-6H3. The van der Waals surface area contributed by atoms with Gasteiger partial charge in [0, 0.05) is 27.2 Å². The molecule has 0 amide bonds. The van der Waals surface area contributed by atoms with E-state index in [0.29, 0.717) is 5.82 Å². The number of hydrogen-bond donors (Lipinski definition) is 0. The van der Waals surface area contributed by atoms with Crippen LogP contribution in [0.25, 0.3) is 72.3 Å². The van der Waals surface area contributed by atoms with Crippen LogP contribution < -0.4 is 20.7 Å². The van der Waals surface area contributed by atoms with Gasteiger partial charge in [-0.25, -0.2) is 15.0 Å². The molecule has 340 valence electrons. The molecule has 4 nitrogen and oxygen atoms in total. The van der Waals surface area contributed by atoms with Crippen LogP contribution in [0.4, 0.5) is 0 Å². The van der Waals surface area contributed by atoms with Gasteiger partial charge in [-0.2, -0.15) is 0 Å². The number of benzene rings is 9. The lowest BCUT2D eigenvalue weighted by molar-refractivity contribution is 0.497. The average molecular weight is 921 g/mol. The second-order valence-electron chi connectivity index (χ2n) is 20.5. The van der Waals surface area contributed by atoms with Gasteiger partial charge in [0.1, 0.15) is 11.6 Å². The van der Waals surface area contributed by atoms with Gasteiger partial charge in [-0.1, -0.05) is 236 Å². The van der Waals surface area contributed by atoms with Crippen molar-refractivity contribution in [3.05, 3.63) is 242 Å². The minimum Gasteiger partial charge on any atom is -0.308 e. The van der Waals surface area contributed by atoms with Crippen LogP contribution in [0.5, 0.6) is 0 Å². The summed E-state index contributed by atoms with van der Waals surface area (Å²) in [6.45, 7) is 13.1. The predicted octanol–water partition coefficient (Wildman–Crippen LogP) is 13.6. The molecule has 5 heteroatoms. The van der Waals surface area contributed by atoms with E-state index in [2.05, 4.69) is 277 Å². The summed E-state index contributed by atoms with van der Waals surface area (Å²) in [4.78, 5) is 16.0. The first-order valence-corrected chi connectivity index (χ1v) is 26.4. The molecule has 0 atom stereocenters. The first-order valence-electron chi connectivity index (χ1n) is 24.4. The topological polar surface area (TPSA) is 43.6 Å². The molecule has 11 rings (SSSR count). The number of nitrogens with zero attached hydrogens (tertiary/aromatic N) is 4. The SMILES string of the molecule is CC(C)(C)c1nc(-c2cc(-c3cccc([Si](c4ccccc4)(c4ccccc4)c4ccccc4)c3)ccc2-n2c3ccc(-c4ccccc4)cc3c3cc(-c4ccccc4)ccc32)nc(C(C)(C)C)n1. The van der Waals surface area contributed by atoms with Gasteiger partial charge in [0.25, 0.3) is 0 Å². The van der Waals surface area contributed by atoms with Gasteiger partial charge >= 0.3 is 0 Å². The van der Waals surface area contributed by atoms with E-state index in [1.807, 2.05) is 0 Å². The maximum absolute atomic E-state index is 5.41. The van der Waals surface area contributed by atoms with Gasteiger partial charge in [-0.3, -0.25) is 0 Å². The fourth-order valence-corrected chi connectivity index (χ4v) is 15.0. The molecule has 9 aromatic carbocycles. The third kappa shape index (κ3) is 8.06. The molecular formula is C65H56N4Si. The van der Waals surface area contributed by atoms with Crippen LogP contribution >= 0.6 is 0 Å². The Morgan fingerprint density at radius 2 is 0.700 bits per heavy atom. The first-order chi connectivity index (χ1) is 34.0. The van der Waals surface area contributed by atoms with Crippen LogP contribution in [0.15, 0.2) is 231 Å². The summed E-state index contributed by atoms with van der Waals surface area (Å²) < 4.78 is 2.43. The number of hydrogen-bond acceptors (Lipinski definition) is 3. The van der Waals surface area contributed by atoms with Crippen molar-refractivity contribution < 1.29 is 0 Å². The third-order valence-corrected chi connectivity index (χ3v) is 18.5. The van der Waals surface area contributed by atoms with Crippen molar-refractivity contribution in [2.75, 3.05) is 0 Å². The summed E-state index contributed by atoms with van der Waals surface area (Å²) in [6, 6.07) is 84.8. The second-order valence-corrected chi connectivity index (χ2v) is 24.3. The quantitative estimate of drug-likeness (QED) is 0.107. The Morgan fingerprint density at radius 3 is 1.14 bits per heavy atom. The molecule has 0 unspecified atom stereocenters. The highest BCUT2D eigenvalue weighted by Crippen LogP contribution is 2.41. The van der Waals surface area contributed by atoms with Crippen molar-refractivity contribution >= 4 is 50.6 Å². The summed E-state index contributed by atoms with van der Waals surface area (Å²) in [7, 11) is -2.81. The highest BCUT2D eigenvalue weighted by atomic mass is 28.3. The molecule has 0 aliphatic carbocycles. The molecule has 0 aliphatic heterocycles. The number of fused-ring (bicyclic) bond motifs is 3. The van der Waals surface area contributed by atoms with E-state index in [-0.39, 0.29) is 10.8 Å². The summed E-state index contributed by atoms with van der Waals surface area (Å²) in [5.41, 5.74) is 10.5. The van der Waals surface area contributed by atoms with E-state index >= 15 is 0 Å². The Balaban J connectivity index is 1.19. The molecular weight excluding hydrogens is 865 g/mol. The molecule has 0 aliphatic rings. The lowest BCUT2D eigenvalue weighted by Crippen LogP contribution is -2.74. The van der Waals surface area contributed by atoms with E-state index in [9.17, 15) is 0 Å². The van der Waals surface area contributed by atoms with Gasteiger partial charge in [0.15, 0.2) is 13.9 Å². The molecule has 2 heterocycles. The zero-order valence-electron chi connectivity index (χ0n) is 40.7. The van der Waals surface area contributed by atoms with Gasteiger partial charge in [-0.15, -0.1) is 0 Å². The Kier molecular flexibility index (Phi) is 11.3. The monoisotopic (exact) mass is 920 g/mol. The molecule has 0 radical (unpaired) electrons. The molecule has 70 heavy (non-hydrogen) atoms. The van der Waals surface area contributed by atoms with Crippen molar-refractivity contribution in [1.82, 2.24) is 19.5 Å². The first kappa shape index (κ1) is 44.5. The smallest absolute Gasteiger partial charge is 0.179 e. The third-order valence-electron chi connectivity index (χ3n) is 13.7. The molecule has 0 spiro atoms. The van der Waals surface area contributed by atoms with Crippen LogP contribution in [0.2, 0.25) is 0 Å². The van der Waals surface area contributed by atoms with Crippen LogP contribution in [0.1, 0.15) is 53.2 Å². The molecule has 0 N–H and O–H groups in total. The summed E-state index contributed by atoms with van der Waals surface area (Å²) >= 11 is 0. The van der Waals surface area contributed by atoms with Gasteiger partial charge < -0.3 is 4.57 Å². The van der Waals surface area contributed by atoms with E-state index in [0.717, 1.165) is 45.1 Å². The van der Waals surface area contributed by atoms with Crippen molar-refractivity contribution in [1.29, 1.82) is 0 Å². The highest BCUT2D eigenvalue weighted by molar-refractivity contribution is 7.19. The van der Waals surface area contributed by atoms with Crippen LogP contribution in [-0.2, 0) is 10.8 Å². The Hall–Kier alpha value is -7.99. The minimum atomic E-state index is -2.81. The van der Waals surface area contributed by atoms with Crippen LogP contribution in [0.3, 0.4) is 0 Å². The summed E-state index contributed by atoms with van der Waals surface area (Å²) in [6.07, 6.45) is 0. The summed E-state index contributed by atoms with van der Waals surface area (Å²) in [5.74, 6) is 2.20. The largest absolute Gasteiger partial charge is 0.308 e. The fraction of sp³-hybridized carbons (Fsp3) is 0.123. The molecule has 11 aromatic rings. The van der Waals surface area contributed by atoms with Crippen molar-refractivity contribution in [2.45, 2.75) is 52.4 Å². The van der Waals surface area contributed by atoms with Gasteiger partial charge in [-0.05, 0) is 90.5 Å². The van der Waals surface area contributed by atoms with E-state index in [4.69, 9.17) is 15.0 Å². The van der Waals surface area contributed by atoms with E-state index < -0.39 is 8.07 Å². The van der Waals surface area contributed by atoms with E-state index in [1.165, 1.54) is 53.8 Å². The molecule has 2 aromatic heterocycles. The zero-order valence-corrected chi connectivity index (χ0v) is 41.7. The second kappa shape index (κ2) is 17.8. The normalized spacial score (nSPS) is 12.1. The lowest BCUT2D eigenvalue weighted by atomic mass is 9.92. The number of aromatic nitrogens is 4. The van der Waals surface area contributed by atoms with Crippen LogP contribution in [0, 0.1) is 0 Å². The minimum absolute atomic E-state index is 0.321. The maximum atomic E-state index is 5.41. The molecule has 0 fully saturated rings. The van der Waals surface area contributed by atoms with Crippen molar-refractivity contribution in [3.63, 3.8) is 0 Å². The molecule has 0 saturated carbocycles. The fourth-order valence-electron chi connectivity index (χ4n) is 10.2.